The van der Waals surface area contributed by atoms with Crippen molar-refractivity contribution in [3.63, 3.8) is 0 Å². The highest BCUT2D eigenvalue weighted by Crippen LogP contribution is 2.19. The smallest absolute Gasteiger partial charge is 0.248 e. The summed E-state index contributed by atoms with van der Waals surface area (Å²) in [5.74, 6) is 0. The minimum atomic E-state index is -0.0798. The molecule has 1 atom stereocenters. The average molecular weight is 256 g/mol. The SMILES string of the molecule is O=c1ccc2c(P)ccc(Br)c2[nH]1. The summed E-state index contributed by atoms with van der Waals surface area (Å²) in [6.45, 7) is 0. The van der Waals surface area contributed by atoms with Gasteiger partial charge in [-0.3, -0.25) is 4.79 Å². The van der Waals surface area contributed by atoms with Crippen molar-refractivity contribution >= 4 is 41.4 Å². The summed E-state index contributed by atoms with van der Waals surface area (Å²) < 4.78 is 0.909. The van der Waals surface area contributed by atoms with Crippen LogP contribution in [0.15, 0.2) is 33.5 Å². The van der Waals surface area contributed by atoms with E-state index in [1.165, 1.54) is 6.07 Å². The van der Waals surface area contributed by atoms with Crippen LogP contribution >= 0.6 is 25.2 Å². The molecule has 1 N–H and O–H groups in total. The van der Waals surface area contributed by atoms with Gasteiger partial charge >= 0.3 is 0 Å². The van der Waals surface area contributed by atoms with E-state index in [2.05, 4.69) is 30.2 Å². The first-order valence-corrected chi connectivity index (χ1v) is 5.12. The zero-order chi connectivity index (χ0) is 9.42. The lowest BCUT2D eigenvalue weighted by Gasteiger charge is -2.02. The van der Waals surface area contributed by atoms with E-state index in [0.29, 0.717) is 0 Å². The summed E-state index contributed by atoms with van der Waals surface area (Å²) in [7, 11) is 2.64. The molecule has 1 heterocycles. The number of rotatable bonds is 0. The van der Waals surface area contributed by atoms with Crippen molar-refractivity contribution in [2.45, 2.75) is 0 Å². The van der Waals surface area contributed by atoms with Crippen LogP contribution in [0, 0.1) is 0 Å². The minimum Gasteiger partial charge on any atom is -0.321 e. The normalized spacial score (nSPS) is 10.6. The first-order chi connectivity index (χ1) is 6.18. The van der Waals surface area contributed by atoms with Crippen LogP contribution in [0.25, 0.3) is 10.9 Å². The van der Waals surface area contributed by atoms with Gasteiger partial charge in [-0.25, -0.2) is 0 Å². The fourth-order valence-electron chi connectivity index (χ4n) is 1.24. The molecule has 4 heteroatoms. The molecule has 0 bridgehead atoms. The number of nitrogens with one attached hydrogen (secondary N) is 1. The summed E-state index contributed by atoms with van der Waals surface area (Å²) >= 11 is 3.39. The van der Waals surface area contributed by atoms with Crippen LogP contribution in [-0.2, 0) is 0 Å². The largest absolute Gasteiger partial charge is 0.321 e. The van der Waals surface area contributed by atoms with Gasteiger partial charge in [0.2, 0.25) is 5.56 Å². The lowest BCUT2D eigenvalue weighted by molar-refractivity contribution is 1.30. The van der Waals surface area contributed by atoms with E-state index < -0.39 is 0 Å². The quantitative estimate of drug-likeness (QED) is 0.716. The second-order valence-electron chi connectivity index (χ2n) is 2.75. The van der Waals surface area contributed by atoms with Crippen molar-refractivity contribution in [2.75, 3.05) is 0 Å². The van der Waals surface area contributed by atoms with Crippen LogP contribution in [0.3, 0.4) is 0 Å². The van der Waals surface area contributed by atoms with Crippen molar-refractivity contribution in [3.8, 4) is 0 Å². The van der Waals surface area contributed by atoms with Crippen LogP contribution in [0.4, 0.5) is 0 Å². The molecule has 0 fully saturated rings. The summed E-state index contributed by atoms with van der Waals surface area (Å²) in [4.78, 5) is 13.8. The molecular formula is C9H7BrNOP. The number of aromatic nitrogens is 1. The van der Waals surface area contributed by atoms with Gasteiger partial charge in [-0.1, -0.05) is 6.07 Å². The fraction of sp³-hybridized carbons (Fsp3) is 0. The predicted octanol–water partition coefficient (Wildman–Crippen LogP) is 1.79. The maximum Gasteiger partial charge on any atom is 0.248 e. The van der Waals surface area contributed by atoms with E-state index in [1.807, 2.05) is 18.2 Å². The zero-order valence-corrected chi connectivity index (χ0v) is 9.41. The Labute approximate surface area is 85.7 Å². The molecule has 2 rings (SSSR count). The number of hydrogen-bond donors (Lipinski definition) is 1. The molecule has 0 aliphatic heterocycles. The number of pyridine rings is 1. The summed E-state index contributed by atoms with van der Waals surface area (Å²) in [6.07, 6.45) is 0. The Morgan fingerprint density at radius 2 is 2.00 bits per heavy atom. The summed E-state index contributed by atoms with van der Waals surface area (Å²) in [5.41, 5.74) is 0.767. The van der Waals surface area contributed by atoms with Gasteiger partial charge in [0.05, 0.1) is 5.52 Å². The lowest BCUT2D eigenvalue weighted by Crippen LogP contribution is -2.05. The Morgan fingerprint density at radius 3 is 2.77 bits per heavy atom. The molecule has 0 spiro atoms. The Hall–Kier alpha value is -0.660. The first kappa shape index (κ1) is 8.92. The standard InChI is InChI=1S/C9H7BrNOP/c10-6-2-3-7(13)5-1-4-8(12)11-9(5)6/h1-4H,13H2,(H,11,12). The average Bonchev–Trinajstić information content (AvgIpc) is 2.12. The van der Waals surface area contributed by atoms with Crippen LogP contribution in [0.1, 0.15) is 0 Å². The molecule has 13 heavy (non-hydrogen) atoms. The molecule has 0 amide bonds. The van der Waals surface area contributed by atoms with Crippen molar-refractivity contribution in [1.29, 1.82) is 0 Å². The van der Waals surface area contributed by atoms with E-state index in [4.69, 9.17) is 0 Å². The number of halogens is 1. The summed E-state index contributed by atoms with van der Waals surface area (Å²) in [5, 5.41) is 2.12. The molecule has 1 aromatic heterocycles. The van der Waals surface area contributed by atoms with Gasteiger partial charge in [-0.05, 0) is 33.4 Å². The van der Waals surface area contributed by atoms with Crippen LogP contribution in [-0.4, -0.2) is 4.98 Å². The molecule has 0 radical (unpaired) electrons. The highest BCUT2D eigenvalue weighted by molar-refractivity contribution is 9.10. The Kier molecular flexibility index (Phi) is 2.22. The van der Waals surface area contributed by atoms with Crippen LogP contribution in [0.5, 0.6) is 0 Å². The topological polar surface area (TPSA) is 32.9 Å². The number of H-pyrrole nitrogens is 1. The van der Waals surface area contributed by atoms with Crippen molar-refractivity contribution in [1.82, 2.24) is 4.98 Å². The third kappa shape index (κ3) is 1.54. The number of aromatic amines is 1. The molecule has 0 aliphatic carbocycles. The Balaban J connectivity index is 3.00. The van der Waals surface area contributed by atoms with Crippen LogP contribution in [0.2, 0.25) is 0 Å². The molecule has 1 unspecified atom stereocenters. The number of hydrogen-bond acceptors (Lipinski definition) is 1. The molecule has 0 saturated carbocycles. The van der Waals surface area contributed by atoms with Crippen molar-refractivity contribution in [3.05, 3.63) is 39.1 Å². The number of fused-ring (bicyclic) bond motifs is 1. The Morgan fingerprint density at radius 1 is 1.23 bits per heavy atom. The van der Waals surface area contributed by atoms with E-state index >= 15 is 0 Å². The molecule has 0 aliphatic rings. The van der Waals surface area contributed by atoms with Crippen molar-refractivity contribution in [2.24, 2.45) is 0 Å². The van der Waals surface area contributed by atoms with Crippen molar-refractivity contribution < 1.29 is 0 Å². The van der Waals surface area contributed by atoms with E-state index in [-0.39, 0.29) is 5.56 Å². The second-order valence-corrected chi connectivity index (χ2v) is 4.22. The number of benzene rings is 1. The maximum absolute atomic E-state index is 11.1. The zero-order valence-electron chi connectivity index (χ0n) is 6.67. The van der Waals surface area contributed by atoms with Gasteiger partial charge in [0.25, 0.3) is 0 Å². The third-order valence-electron chi connectivity index (χ3n) is 1.88. The van der Waals surface area contributed by atoms with Gasteiger partial charge < -0.3 is 4.98 Å². The van der Waals surface area contributed by atoms with Gasteiger partial charge in [0.1, 0.15) is 0 Å². The second kappa shape index (κ2) is 3.24. The summed E-state index contributed by atoms with van der Waals surface area (Å²) in [6, 6.07) is 7.25. The highest BCUT2D eigenvalue weighted by Gasteiger charge is 2.01. The van der Waals surface area contributed by atoms with Gasteiger partial charge in [0.15, 0.2) is 0 Å². The van der Waals surface area contributed by atoms with Crippen LogP contribution < -0.4 is 10.9 Å². The predicted molar refractivity (Wildman–Crippen MR) is 61.6 cm³/mol. The van der Waals surface area contributed by atoms with E-state index in [9.17, 15) is 4.79 Å². The lowest BCUT2D eigenvalue weighted by atomic mass is 10.2. The van der Waals surface area contributed by atoms with E-state index in [1.54, 1.807) is 0 Å². The first-order valence-electron chi connectivity index (χ1n) is 3.75. The fourth-order valence-corrected chi connectivity index (χ4v) is 2.02. The third-order valence-corrected chi connectivity index (χ3v) is 3.04. The van der Waals surface area contributed by atoms with Gasteiger partial charge in [-0.15, -0.1) is 9.24 Å². The van der Waals surface area contributed by atoms with Gasteiger partial charge in [-0.2, -0.15) is 0 Å². The molecule has 66 valence electrons. The maximum atomic E-state index is 11.1. The highest BCUT2D eigenvalue weighted by atomic mass is 79.9. The monoisotopic (exact) mass is 255 g/mol. The molecule has 1 aromatic carbocycles. The van der Waals surface area contributed by atoms with Gasteiger partial charge in [0, 0.05) is 15.9 Å². The molecule has 2 nitrogen and oxygen atoms in total. The Bertz CT molecular complexity index is 520. The molecular weight excluding hydrogens is 249 g/mol. The van der Waals surface area contributed by atoms with E-state index in [0.717, 1.165) is 20.7 Å². The minimum absolute atomic E-state index is 0.0798. The molecule has 2 aromatic rings. The molecule has 0 saturated heterocycles.